The smallest absolute Gasteiger partial charge is 0.260 e. The fraction of sp³-hybridized carbons (Fsp3) is 0.261. The summed E-state index contributed by atoms with van der Waals surface area (Å²) in [7, 11) is 1.61. The molecule has 0 saturated heterocycles. The minimum absolute atomic E-state index is 0.0858. The van der Waals surface area contributed by atoms with Crippen molar-refractivity contribution in [3.8, 4) is 11.5 Å². The maximum absolute atomic E-state index is 13.4. The summed E-state index contributed by atoms with van der Waals surface area (Å²) in [6, 6.07) is 13.0. The summed E-state index contributed by atoms with van der Waals surface area (Å²) in [6.45, 7) is 3.87. The van der Waals surface area contributed by atoms with Crippen molar-refractivity contribution in [3.63, 3.8) is 0 Å². The first kappa shape index (κ1) is 20.9. The van der Waals surface area contributed by atoms with Gasteiger partial charge in [-0.25, -0.2) is 9.97 Å². The molecule has 2 heterocycles. The Hall–Kier alpha value is -3.39. The second-order valence-electron chi connectivity index (χ2n) is 6.90. The third kappa shape index (κ3) is 4.86. The second kappa shape index (κ2) is 9.61. The molecule has 2 aromatic carbocycles. The number of anilines is 1. The van der Waals surface area contributed by atoms with Crippen molar-refractivity contribution < 1.29 is 14.3 Å². The number of carbonyl (C=O) groups excluding carboxylic acids is 1. The van der Waals surface area contributed by atoms with Crippen LogP contribution in [0.5, 0.6) is 11.5 Å². The van der Waals surface area contributed by atoms with Crippen molar-refractivity contribution in [2.45, 2.75) is 19.9 Å². The minimum Gasteiger partial charge on any atom is -0.497 e. The van der Waals surface area contributed by atoms with Gasteiger partial charge in [-0.05, 0) is 55.8 Å². The van der Waals surface area contributed by atoms with Gasteiger partial charge in [0, 0.05) is 31.0 Å². The van der Waals surface area contributed by atoms with Gasteiger partial charge in [0.25, 0.3) is 5.91 Å². The van der Waals surface area contributed by atoms with E-state index >= 15 is 0 Å². The highest BCUT2D eigenvalue weighted by Crippen LogP contribution is 2.32. The van der Waals surface area contributed by atoms with E-state index in [2.05, 4.69) is 4.98 Å². The maximum atomic E-state index is 13.4. The molecule has 31 heavy (non-hydrogen) atoms. The predicted molar refractivity (Wildman–Crippen MR) is 122 cm³/mol. The van der Waals surface area contributed by atoms with Crippen molar-refractivity contribution in [2.75, 3.05) is 25.2 Å². The molecule has 0 N–H and O–H groups in total. The molecule has 8 heteroatoms. The van der Waals surface area contributed by atoms with Gasteiger partial charge in [-0.15, -0.1) is 0 Å². The Morgan fingerprint density at radius 2 is 1.97 bits per heavy atom. The van der Waals surface area contributed by atoms with Crippen LogP contribution in [-0.4, -0.2) is 40.7 Å². The number of hydrogen-bond donors (Lipinski definition) is 0. The third-order valence-corrected chi connectivity index (χ3v) is 5.87. The van der Waals surface area contributed by atoms with E-state index < -0.39 is 0 Å². The van der Waals surface area contributed by atoms with Gasteiger partial charge in [-0.1, -0.05) is 11.3 Å². The van der Waals surface area contributed by atoms with E-state index in [9.17, 15) is 4.79 Å². The van der Waals surface area contributed by atoms with E-state index in [-0.39, 0.29) is 5.91 Å². The Kier molecular flexibility index (Phi) is 6.47. The molecule has 0 radical (unpaired) electrons. The number of carbonyl (C=O) groups is 1. The summed E-state index contributed by atoms with van der Waals surface area (Å²) < 4.78 is 13.8. The van der Waals surface area contributed by atoms with Crippen LogP contribution in [0.4, 0.5) is 5.13 Å². The van der Waals surface area contributed by atoms with Crippen LogP contribution < -0.4 is 14.4 Å². The average Bonchev–Trinajstić information content (AvgIpc) is 3.46. The minimum atomic E-state index is -0.0858. The largest absolute Gasteiger partial charge is 0.497 e. The number of nitrogens with zero attached hydrogens (tertiary/aromatic N) is 4. The number of aryl methyl sites for hydroxylation is 1. The zero-order valence-electron chi connectivity index (χ0n) is 17.5. The first-order valence-corrected chi connectivity index (χ1v) is 10.9. The number of hydrogen-bond acceptors (Lipinski definition) is 6. The van der Waals surface area contributed by atoms with E-state index in [0.29, 0.717) is 29.6 Å². The molecule has 0 aliphatic carbocycles. The summed E-state index contributed by atoms with van der Waals surface area (Å²) in [5.41, 5.74) is 1.45. The van der Waals surface area contributed by atoms with Gasteiger partial charge in [0.1, 0.15) is 11.5 Å². The van der Waals surface area contributed by atoms with Crippen molar-refractivity contribution in [3.05, 3.63) is 66.7 Å². The molecule has 0 saturated carbocycles. The zero-order valence-corrected chi connectivity index (χ0v) is 18.3. The SMILES string of the molecule is CCOc1ccc2nc(N(CCCn3ccnc3)C(=O)c3ccc(OC)cc3)sc2c1. The molecular weight excluding hydrogens is 412 g/mol. The lowest BCUT2D eigenvalue weighted by Gasteiger charge is -2.20. The molecule has 4 aromatic rings. The number of aromatic nitrogens is 3. The van der Waals surface area contributed by atoms with E-state index in [0.717, 1.165) is 28.9 Å². The van der Waals surface area contributed by atoms with E-state index in [1.165, 1.54) is 11.3 Å². The number of imidazole rings is 1. The molecule has 2 aromatic heterocycles. The van der Waals surface area contributed by atoms with Crippen LogP contribution in [0.15, 0.2) is 61.2 Å². The fourth-order valence-corrected chi connectivity index (χ4v) is 4.29. The van der Waals surface area contributed by atoms with Crippen LogP contribution in [0.25, 0.3) is 10.2 Å². The maximum Gasteiger partial charge on any atom is 0.260 e. The van der Waals surface area contributed by atoms with Crippen LogP contribution in [0.2, 0.25) is 0 Å². The summed E-state index contributed by atoms with van der Waals surface area (Å²) >= 11 is 1.49. The van der Waals surface area contributed by atoms with Crippen molar-refractivity contribution in [2.24, 2.45) is 0 Å². The lowest BCUT2D eigenvalue weighted by Crippen LogP contribution is -2.32. The quantitative estimate of drug-likeness (QED) is 0.382. The van der Waals surface area contributed by atoms with Crippen LogP contribution in [0, 0.1) is 0 Å². The van der Waals surface area contributed by atoms with Gasteiger partial charge in [0.2, 0.25) is 0 Å². The third-order valence-electron chi connectivity index (χ3n) is 4.83. The van der Waals surface area contributed by atoms with Crippen LogP contribution in [0.1, 0.15) is 23.7 Å². The Morgan fingerprint density at radius 3 is 2.68 bits per heavy atom. The van der Waals surface area contributed by atoms with E-state index in [4.69, 9.17) is 14.5 Å². The number of thiazole rings is 1. The summed E-state index contributed by atoms with van der Waals surface area (Å²) in [6.07, 6.45) is 6.23. The number of methoxy groups -OCH3 is 1. The highest BCUT2D eigenvalue weighted by molar-refractivity contribution is 7.22. The molecule has 160 valence electrons. The number of fused-ring (bicyclic) bond motifs is 1. The predicted octanol–water partition coefficient (Wildman–Crippen LogP) is 4.64. The highest BCUT2D eigenvalue weighted by atomic mass is 32.1. The van der Waals surface area contributed by atoms with Gasteiger partial charge in [-0.2, -0.15) is 0 Å². The van der Waals surface area contributed by atoms with Crippen LogP contribution >= 0.6 is 11.3 Å². The van der Waals surface area contributed by atoms with Crippen molar-refractivity contribution in [1.82, 2.24) is 14.5 Å². The first-order chi connectivity index (χ1) is 15.2. The first-order valence-electron chi connectivity index (χ1n) is 10.1. The molecule has 7 nitrogen and oxygen atoms in total. The zero-order chi connectivity index (χ0) is 21.6. The van der Waals surface area contributed by atoms with Crippen molar-refractivity contribution in [1.29, 1.82) is 0 Å². The van der Waals surface area contributed by atoms with E-state index in [1.807, 2.05) is 35.9 Å². The highest BCUT2D eigenvalue weighted by Gasteiger charge is 2.21. The topological polar surface area (TPSA) is 69.5 Å². The van der Waals surface area contributed by atoms with Gasteiger partial charge in [-0.3, -0.25) is 9.69 Å². The molecule has 0 aliphatic heterocycles. The Labute approximate surface area is 184 Å². The van der Waals surface area contributed by atoms with Gasteiger partial charge in [0.05, 0.1) is 30.3 Å². The molecule has 0 spiro atoms. The van der Waals surface area contributed by atoms with E-state index in [1.54, 1.807) is 48.8 Å². The Balaban J connectivity index is 1.61. The standard InChI is InChI=1S/C23H24N4O3S/c1-3-30-19-9-10-20-21(15-19)31-23(25-20)27(13-4-12-26-14-11-24-16-26)22(28)17-5-7-18(29-2)8-6-17/h5-11,14-16H,3-4,12-13H2,1-2H3. The molecule has 0 unspecified atom stereocenters. The number of rotatable bonds is 9. The lowest BCUT2D eigenvalue weighted by atomic mass is 10.2. The molecule has 0 atom stereocenters. The fourth-order valence-electron chi connectivity index (χ4n) is 3.27. The summed E-state index contributed by atoms with van der Waals surface area (Å²) in [5.74, 6) is 1.43. The number of benzene rings is 2. The number of ether oxygens (including phenoxy) is 2. The molecule has 0 bridgehead atoms. The summed E-state index contributed by atoms with van der Waals surface area (Å²) in [5, 5.41) is 0.676. The number of amides is 1. The second-order valence-corrected chi connectivity index (χ2v) is 7.91. The van der Waals surface area contributed by atoms with Crippen molar-refractivity contribution >= 4 is 32.6 Å². The molecule has 0 aliphatic rings. The van der Waals surface area contributed by atoms with Crippen LogP contribution in [-0.2, 0) is 6.54 Å². The molecular formula is C23H24N4O3S. The van der Waals surface area contributed by atoms with Gasteiger partial charge in [0.15, 0.2) is 5.13 Å². The molecule has 1 amide bonds. The average molecular weight is 437 g/mol. The Morgan fingerprint density at radius 1 is 1.16 bits per heavy atom. The normalized spacial score (nSPS) is 10.9. The van der Waals surface area contributed by atoms with Gasteiger partial charge < -0.3 is 14.0 Å². The summed E-state index contributed by atoms with van der Waals surface area (Å²) in [4.78, 5) is 24.0. The Bertz CT molecular complexity index is 1140. The van der Waals surface area contributed by atoms with Gasteiger partial charge >= 0.3 is 0 Å². The molecule has 0 fully saturated rings. The lowest BCUT2D eigenvalue weighted by molar-refractivity contribution is 0.0986. The van der Waals surface area contributed by atoms with Crippen LogP contribution in [0.3, 0.4) is 0 Å². The molecule has 4 rings (SSSR count). The monoisotopic (exact) mass is 436 g/mol.